The molecule has 0 amide bonds. The molecule has 0 aromatic carbocycles. The molecule has 1 aliphatic rings. The van der Waals surface area contributed by atoms with E-state index in [0.717, 1.165) is 32.1 Å². The minimum atomic E-state index is -0.758. The highest BCUT2D eigenvalue weighted by Crippen LogP contribution is 2.37. The predicted octanol–water partition coefficient (Wildman–Crippen LogP) is 7.15. The van der Waals surface area contributed by atoms with Crippen LogP contribution in [0.2, 0.25) is 0 Å². The number of allylic oxidation sites excluding steroid dienone is 3. The molecule has 4 heteroatoms. The quantitative estimate of drug-likeness (QED) is 0.225. The first-order valence-corrected chi connectivity index (χ1v) is 13.3. The molecule has 0 spiro atoms. The van der Waals surface area contributed by atoms with Crippen LogP contribution in [0, 0.1) is 29.6 Å². The van der Waals surface area contributed by atoms with Gasteiger partial charge in [-0.2, -0.15) is 0 Å². The molecule has 0 aliphatic heterocycles. The van der Waals surface area contributed by atoms with Crippen molar-refractivity contribution in [2.45, 2.75) is 124 Å². The van der Waals surface area contributed by atoms with Gasteiger partial charge in [0.1, 0.15) is 0 Å². The molecule has 0 aromatic rings. The lowest BCUT2D eigenvalue weighted by Crippen LogP contribution is -2.32. The van der Waals surface area contributed by atoms with Gasteiger partial charge in [0.2, 0.25) is 0 Å². The lowest BCUT2D eigenvalue weighted by Gasteiger charge is -2.36. The Kier molecular flexibility index (Phi) is 13.0. The minimum Gasteiger partial charge on any atom is -0.481 e. The van der Waals surface area contributed by atoms with Gasteiger partial charge < -0.3 is 15.3 Å². The Morgan fingerprint density at radius 2 is 1.76 bits per heavy atom. The van der Waals surface area contributed by atoms with Crippen LogP contribution in [-0.4, -0.2) is 33.0 Å². The number of aliphatic hydroxyl groups excluding tert-OH is 1. The topological polar surface area (TPSA) is 77.8 Å². The van der Waals surface area contributed by atoms with Crippen LogP contribution in [0.15, 0.2) is 23.3 Å². The van der Waals surface area contributed by atoms with Crippen molar-refractivity contribution in [3.63, 3.8) is 0 Å². The SMILES string of the molecule is C/C(=C\CCC(C)(O)CCCC(C)C(=O)O)CCCC(C)CCC1=CC(O)C(C)C(C)C1C. The molecule has 0 heterocycles. The zero-order chi connectivity index (χ0) is 25.2. The van der Waals surface area contributed by atoms with Crippen LogP contribution in [0.1, 0.15) is 113 Å². The lowest BCUT2D eigenvalue weighted by molar-refractivity contribution is -0.141. The van der Waals surface area contributed by atoms with Crippen molar-refractivity contribution in [3.8, 4) is 0 Å². The second kappa shape index (κ2) is 14.3. The monoisotopic (exact) mass is 464 g/mol. The third kappa shape index (κ3) is 11.2. The number of rotatable bonds is 15. The van der Waals surface area contributed by atoms with E-state index >= 15 is 0 Å². The fourth-order valence-electron chi connectivity index (χ4n) is 4.99. The Labute approximate surface area is 203 Å². The number of carboxylic acids is 1. The molecule has 33 heavy (non-hydrogen) atoms. The van der Waals surface area contributed by atoms with E-state index in [0.29, 0.717) is 36.5 Å². The summed E-state index contributed by atoms with van der Waals surface area (Å²) in [6.07, 6.45) is 13.5. The van der Waals surface area contributed by atoms with Gasteiger partial charge in [-0.25, -0.2) is 0 Å². The van der Waals surface area contributed by atoms with Crippen LogP contribution in [0.3, 0.4) is 0 Å². The molecule has 0 radical (unpaired) electrons. The summed E-state index contributed by atoms with van der Waals surface area (Å²) in [6.45, 7) is 14.9. The third-order valence-corrected chi connectivity index (χ3v) is 8.27. The minimum absolute atomic E-state index is 0.289. The largest absolute Gasteiger partial charge is 0.481 e. The molecular weight excluding hydrogens is 412 g/mol. The molecule has 1 rings (SSSR count). The highest BCUT2D eigenvalue weighted by atomic mass is 16.4. The summed E-state index contributed by atoms with van der Waals surface area (Å²) in [5.74, 6) is 1.04. The van der Waals surface area contributed by atoms with E-state index in [1.54, 1.807) is 6.92 Å². The van der Waals surface area contributed by atoms with Crippen molar-refractivity contribution >= 4 is 5.97 Å². The van der Waals surface area contributed by atoms with Crippen LogP contribution in [0.25, 0.3) is 0 Å². The van der Waals surface area contributed by atoms with Crippen molar-refractivity contribution in [3.05, 3.63) is 23.3 Å². The van der Waals surface area contributed by atoms with Crippen LogP contribution >= 0.6 is 0 Å². The number of carbonyl (C=O) groups is 1. The maximum absolute atomic E-state index is 10.9. The van der Waals surface area contributed by atoms with Gasteiger partial charge in [0.25, 0.3) is 0 Å². The maximum Gasteiger partial charge on any atom is 0.306 e. The van der Waals surface area contributed by atoms with Gasteiger partial charge in [0.05, 0.1) is 17.6 Å². The van der Waals surface area contributed by atoms with E-state index in [-0.39, 0.29) is 12.0 Å². The highest BCUT2D eigenvalue weighted by Gasteiger charge is 2.31. The Hall–Kier alpha value is -1.13. The maximum atomic E-state index is 10.9. The number of hydrogen-bond acceptors (Lipinski definition) is 3. The van der Waals surface area contributed by atoms with Crippen molar-refractivity contribution in [2.24, 2.45) is 29.6 Å². The zero-order valence-corrected chi connectivity index (χ0v) is 22.4. The summed E-state index contributed by atoms with van der Waals surface area (Å²) < 4.78 is 0. The van der Waals surface area contributed by atoms with E-state index < -0.39 is 11.6 Å². The predicted molar refractivity (Wildman–Crippen MR) is 138 cm³/mol. The molecule has 7 unspecified atom stereocenters. The molecular formula is C29H52O4. The molecule has 0 bridgehead atoms. The normalized spacial score (nSPS) is 27.5. The summed E-state index contributed by atoms with van der Waals surface area (Å²) in [5.41, 5.74) is 2.12. The summed E-state index contributed by atoms with van der Waals surface area (Å²) in [5, 5.41) is 29.8. The van der Waals surface area contributed by atoms with Crippen molar-refractivity contribution < 1.29 is 20.1 Å². The number of hydrogen-bond donors (Lipinski definition) is 3. The van der Waals surface area contributed by atoms with Gasteiger partial charge in [-0.05, 0) is 95.3 Å². The molecule has 3 N–H and O–H groups in total. The standard InChI is InChI=1S/C29H52O4/c1-20(13-9-17-29(7,33)18-10-14-22(3)28(31)32)11-8-12-21(2)15-16-26-19-27(30)25(6)23(4)24(26)5/h13,19,21-25,27,30,33H,8-12,14-18H2,1-7H3,(H,31,32)/b20-13+. The van der Waals surface area contributed by atoms with Crippen molar-refractivity contribution in [1.29, 1.82) is 0 Å². The number of aliphatic hydroxyl groups is 2. The average Bonchev–Trinajstić information content (AvgIpc) is 2.73. The summed E-state index contributed by atoms with van der Waals surface area (Å²) >= 11 is 0. The van der Waals surface area contributed by atoms with E-state index in [4.69, 9.17) is 5.11 Å². The Morgan fingerprint density at radius 1 is 1.09 bits per heavy atom. The van der Waals surface area contributed by atoms with Crippen LogP contribution < -0.4 is 0 Å². The van der Waals surface area contributed by atoms with Crippen LogP contribution in [0.5, 0.6) is 0 Å². The fraction of sp³-hybridized carbons (Fsp3) is 0.828. The third-order valence-electron chi connectivity index (χ3n) is 8.27. The van der Waals surface area contributed by atoms with Crippen molar-refractivity contribution in [2.75, 3.05) is 0 Å². The van der Waals surface area contributed by atoms with Crippen LogP contribution in [-0.2, 0) is 4.79 Å². The van der Waals surface area contributed by atoms with Gasteiger partial charge in [0, 0.05) is 0 Å². The molecule has 0 fully saturated rings. The molecule has 7 atom stereocenters. The molecule has 4 nitrogen and oxygen atoms in total. The lowest BCUT2D eigenvalue weighted by atomic mass is 9.71. The smallest absolute Gasteiger partial charge is 0.306 e. The number of aliphatic carboxylic acids is 1. The van der Waals surface area contributed by atoms with Gasteiger partial charge in [-0.1, -0.05) is 64.3 Å². The first-order valence-electron chi connectivity index (χ1n) is 13.3. The summed E-state index contributed by atoms with van der Waals surface area (Å²) in [7, 11) is 0. The van der Waals surface area contributed by atoms with Gasteiger partial charge in [0.15, 0.2) is 0 Å². The van der Waals surface area contributed by atoms with E-state index in [9.17, 15) is 15.0 Å². The molecule has 0 saturated heterocycles. The van der Waals surface area contributed by atoms with Crippen molar-refractivity contribution in [1.82, 2.24) is 0 Å². The average molecular weight is 465 g/mol. The van der Waals surface area contributed by atoms with Gasteiger partial charge >= 0.3 is 5.97 Å². The summed E-state index contributed by atoms with van der Waals surface area (Å²) in [6, 6.07) is 0. The summed E-state index contributed by atoms with van der Waals surface area (Å²) in [4.78, 5) is 10.9. The zero-order valence-electron chi connectivity index (χ0n) is 22.4. The fourth-order valence-corrected chi connectivity index (χ4v) is 4.99. The second-order valence-electron chi connectivity index (χ2n) is 11.5. The van der Waals surface area contributed by atoms with Crippen LogP contribution in [0.4, 0.5) is 0 Å². The second-order valence-corrected chi connectivity index (χ2v) is 11.5. The molecule has 1 aliphatic carbocycles. The van der Waals surface area contributed by atoms with Gasteiger partial charge in [-0.15, -0.1) is 0 Å². The van der Waals surface area contributed by atoms with E-state index in [2.05, 4.69) is 46.8 Å². The Balaban J connectivity index is 2.26. The Bertz CT molecular complexity index is 648. The Morgan fingerprint density at radius 3 is 2.39 bits per heavy atom. The number of carboxylic acid groups (broad SMARTS) is 1. The first-order chi connectivity index (χ1) is 15.3. The van der Waals surface area contributed by atoms with E-state index in [1.165, 1.54) is 30.4 Å². The first kappa shape index (κ1) is 29.9. The highest BCUT2D eigenvalue weighted by molar-refractivity contribution is 5.69. The van der Waals surface area contributed by atoms with E-state index in [1.807, 2.05) is 6.92 Å². The molecule has 0 saturated carbocycles. The molecule has 192 valence electrons. The molecule has 0 aromatic heterocycles. The van der Waals surface area contributed by atoms with Gasteiger partial charge in [-0.3, -0.25) is 4.79 Å².